The van der Waals surface area contributed by atoms with Gasteiger partial charge in [-0.3, -0.25) is 0 Å². The number of halogens is 3. The number of alkyl halides is 1. The van der Waals surface area contributed by atoms with Crippen LogP contribution in [0.4, 0.5) is 4.39 Å². The van der Waals surface area contributed by atoms with Gasteiger partial charge in [0.25, 0.3) is 0 Å². The Balaban J connectivity index is 2.33. The molecule has 0 saturated heterocycles. The van der Waals surface area contributed by atoms with Crippen molar-refractivity contribution in [1.82, 2.24) is 0 Å². The van der Waals surface area contributed by atoms with Crippen LogP contribution in [0.3, 0.4) is 0 Å². The second kappa shape index (κ2) is 5.32. The summed E-state index contributed by atoms with van der Waals surface area (Å²) in [6.07, 6.45) is 0. The highest BCUT2D eigenvalue weighted by atomic mass is 79.9. The lowest BCUT2D eigenvalue weighted by molar-refractivity contribution is 0.619. The smallest absolute Gasteiger partial charge is 0.137 e. The van der Waals surface area contributed by atoms with Crippen molar-refractivity contribution in [2.24, 2.45) is 0 Å². The number of benzene rings is 2. The molecule has 1 atom stereocenters. The molecule has 0 aromatic heterocycles. The second-order valence-corrected chi connectivity index (χ2v) is 5.72. The standard InChI is InChI=1S/C14H11Br2F/c1-9-2-4-10(5-3-9)14(16)11-6-7-12(15)13(17)8-11/h2-8,14H,1H3. The first-order valence-corrected chi connectivity index (χ1v) is 6.94. The maximum absolute atomic E-state index is 13.5. The zero-order valence-electron chi connectivity index (χ0n) is 9.25. The van der Waals surface area contributed by atoms with Gasteiger partial charge >= 0.3 is 0 Å². The molecule has 0 amide bonds. The minimum Gasteiger partial charge on any atom is -0.206 e. The quantitative estimate of drug-likeness (QED) is 0.633. The first-order chi connectivity index (χ1) is 8.08. The van der Waals surface area contributed by atoms with Crippen LogP contribution < -0.4 is 0 Å². The van der Waals surface area contributed by atoms with Gasteiger partial charge in [-0.05, 0) is 46.1 Å². The fraction of sp³-hybridized carbons (Fsp3) is 0.143. The molecule has 88 valence electrons. The van der Waals surface area contributed by atoms with Crippen LogP contribution in [0.5, 0.6) is 0 Å². The summed E-state index contributed by atoms with van der Waals surface area (Å²) in [6, 6.07) is 13.4. The van der Waals surface area contributed by atoms with Crippen molar-refractivity contribution in [2.75, 3.05) is 0 Å². The fourth-order valence-corrected chi connectivity index (χ4v) is 2.43. The predicted molar refractivity (Wildman–Crippen MR) is 76.0 cm³/mol. The first kappa shape index (κ1) is 12.8. The molecule has 0 fully saturated rings. The predicted octanol–water partition coefficient (Wildman–Crippen LogP) is 5.38. The molecule has 0 aliphatic carbocycles. The van der Waals surface area contributed by atoms with E-state index in [1.54, 1.807) is 12.1 Å². The molecule has 0 aliphatic heterocycles. The van der Waals surface area contributed by atoms with E-state index in [0.29, 0.717) is 4.47 Å². The molecule has 0 aliphatic rings. The van der Waals surface area contributed by atoms with Crippen molar-refractivity contribution >= 4 is 31.9 Å². The molecule has 0 radical (unpaired) electrons. The van der Waals surface area contributed by atoms with E-state index in [2.05, 4.69) is 56.1 Å². The molecule has 3 heteroatoms. The normalized spacial score (nSPS) is 12.5. The van der Waals surface area contributed by atoms with E-state index < -0.39 is 0 Å². The number of hydrogen-bond donors (Lipinski definition) is 0. The molecular weight excluding hydrogens is 347 g/mol. The molecule has 0 bridgehead atoms. The minimum absolute atomic E-state index is 0.0192. The van der Waals surface area contributed by atoms with Gasteiger partial charge in [-0.15, -0.1) is 0 Å². The Morgan fingerprint density at radius 1 is 1.00 bits per heavy atom. The van der Waals surface area contributed by atoms with E-state index in [1.165, 1.54) is 5.56 Å². The van der Waals surface area contributed by atoms with Crippen molar-refractivity contribution in [3.8, 4) is 0 Å². The van der Waals surface area contributed by atoms with E-state index >= 15 is 0 Å². The Labute approximate surface area is 117 Å². The van der Waals surface area contributed by atoms with Crippen LogP contribution in [-0.2, 0) is 0 Å². The molecular formula is C14H11Br2F. The summed E-state index contributed by atoms with van der Waals surface area (Å²) in [5.41, 5.74) is 3.25. The highest BCUT2D eigenvalue weighted by molar-refractivity contribution is 9.10. The SMILES string of the molecule is Cc1ccc(C(Br)c2ccc(Br)c(F)c2)cc1. The van der Waals surface area contributed by atoms with E-state index in [0.717, 1.165) is 11.1 Å². The topological polar surface area (TPSA) is 0 Å². The summed E-state index contributed by atoms with van der Waals surface area (Å²) in [6.45, 7) is 2.05. The van der Waals surface area contributed by atoms with Crippen LogP contribution >= 0.6 is 31.9 Å². The van der Waals surface area contributed by atoms with E-state index in [9.17, 15) is 4.39 Å². The van der Waals surface area contributed by atoms with E-state index in [-0.39, 0.29) is 10.6 Å². The summed E-state index contributed by atoms with van der Waals surface area (Å²) < 4.78 is 13.9. The lowest BCUT2D eigenvalue weighted by atomic mass is 10.0. The molecule has 0 saturated carbocycles. The summed E-state index contributed by atoms with van der Waals surface area (Å²) in [5.74, 6) is -0.237. The average Bonchev–Trinajstić information content (AvgIpc) is 2.33. The Kier molecular flexibility index (Phi) is 4.00. The first-order valence-electron chi connectivity index (χ1n) is 5.23. The van der Waals surface area contributed by atoms with Crippen molar-refractivity contribution in [3.63, 3.8) is 0 Å². The van der Waals surface area contributed by atoms with Crippen molar-refractivity contribution in [3.05, 3.63) is 69.4 Å². The van der Waals surface area contributed by atoms with Crippen LogP contribution in [0.15, 0.2) is 46.9 Å². The average molecular weight is 358 g/mol. The van der Waals surface area contributed by atoms with Crippen LogP contribution in [0.2, 0.25) is 0 Å². The zero-order chi connectivity index (χ0) is 12.4. The largest absolute Gasteiger partial charge is 0.206 e. The Morgan fingerprint density at radius 2 is 1.59 bits per heavy atom. The molecule has 0 heterocycles. The van der Waals surface area contributed by atoms with Gasteiger partial charge in [0.05, 0.1) is 9.30 Å². The highest BCUT2D eigenvalue weighted by Crippen LogP contribution is 2.32. The van der Waals surface area contributed by atoms with Crippen LogP contribution in [0, 0.1) is 12.7 Å². The highest BCUT2D eigenvalue weighted by Gasteiger charge is 2.11. The minimum atomic E-state index is -0.237. The van der Waals surface area contributed by atoms with Crippen molar-refractivity contribution in [1.29, 1.82) is 0 Å². The van der Waals surface area contributed by atoms with Crippen LogP contribution in [0.1, 0.15) is 21.5 Å². The molecule has 2 aromatic rings. The molecule has 0 spiro atoms. The summed E-state index contributed by atoms with van der Waals surface area (Å²) >= 11 is 6.75. The molecule has 0 nitrogen and oxygen atoms in total. The van der Waals surface area contributed by atoms with E-state index in [4.69, 9.17) is 0 Å². The third-order valence-corrected chi connectivity index (χ3v) is 4.31. The zero-order valence-corrected chi connectivity index (χ0v) is 12.4. The second-order valence-electron chi connectivity index (χ2n) is 3.95. The van der Waals surface area contributed by atoms with Crippen LogP contribution in [-0.4, -0.2) is 0 Å². The summed E-state index contributed by atoms with van der Waals surface area (Å²) in [7, 11) is 0. The number of aryl methyl sites for hydroxylation is 1. The maximum atomic E-state index is 13.5. The molecule has 0 N–H and O–H groups in total. The van der Waals surface area contributed by atoms with Crippen molar-refractivity contribution in [2.45, 2.75) is 11.8 Å². The lowest BCUT2D eigenvalue weighted by Gasteiger charge is -2.11. The molecule has 1 unspecified atom stereocenters. The van der Waals surface area contributed by atoms with Gasteiger partial charge in [0.15, 0.2) is 0 Å². The monoisotopic (exact) mass is 356 g/mol. The van der Waals surface area contributed by atoms with Gasteiger partial charge in [0, 0.05) is 0 Å². The number of rotatable bonds is 2. The van der Waals surface area contributed by atoms with E-state index in [1.807, 2.05) is 13.0 Å². The third-order valence-electron chi connectivity index (χ3n) is 2.61. The maximum Gasteiger partial charge on any atom is 0.137 e. The molecule has 2 rings (SSSR count). The summed E-state index contributed by atoms with van der Waals surface area (Å²) in [4.78, 5) is 0.0192. The summed E-state index contributed by atoms with van der Waals surface area (Å²) in [5, 5.41) is 0. The Bertz CT molecular complexity index is 520. The van der Waals surface area contributed by atoms with Crippen LogP contribution in [0.25, 0.3) is 0 Å². The van der Waals surface area contributed by atoms with Gasteiger partial charge in [-0.1, -0.05) is 51.8 Å². The number of hydrogen-bond acceptors (Lipinski definition) is 0. The van der Waals surface area contributed by atoms with Gasteiger partial charge in [-0.2, -0.15) is 0 Å². The van der Waals surface area contributed by atoms with Gasteiger partial charge in [0.1, 0.15) is 5.82 Å². The Morgan fingerprint density at radius 3 is 2.18 bits per heavy atom. The Hall–Kier alpha value is -0.670. The van der Waals surface area contributed by atoms with Gasteiger partial charge < -0.3 is 0 Å². The fourth-order valence-electron chi connectivity index (χ4n) is 1.60. The lowest BCUT2D eigenvalue weighted by Crippen LogP contribution is -1.94. The third kappa shape index (κ3) is 2.96. The molecule has 17 heavy (non-hydrogen) atoms. The van der Waals surface area contributed by atoms with Gasteiger partial charge in [-0.25, -0.2) is 4.39 Å². The molecule has 2 aromatic carbocycles. The van der Waals surface area contributed by atoms with Gasteiger partial charge in [0.2, 0.25) is 0 Å². The van der Waals surface area contributed by atoms with Crippen molar-refractivity contribution < 1.29 is 4.39 Å².